The monoisotopic (exact) mass is 334 g/mol. The molecule has 0 amide bonds. The number of benzene rings is 1. The van der Waals surface area contributed by atoms with Gasteiger partial charge in [-0.1, -0.05) is 24.6 Å². The van der Waals surface area contributed by atoms with E-state index < -0.39 is 9.84 Å². The maximum absolute atomic E-state index is 11.7. The molecule has 1 heterocycles. The van der Waals surface area contributed by atoms with Crippen molar-refractivity contribution in [2.45, 2.75) is 25.8 Å². The molecule has 7 heteroatoms. The van der Waals surface area contributed by atoms with Crippen LogP contribution in [0, 0.1) is 0 Å². The number of rotatable bonds is 5. The lowest BCUT2D eigenvalue weighted by molar-refractivity contribution is 0.589. The van der Waals surface area contributed by atoms with Crippen LogP contribution in [0.5, 0.6) is 0 Å². The Hall–Kier alpha value is -0.780. The fourth-order valence-corrected chi connectivity index (χ4v) is 3.25. The number of nitrogens with zero attached hydrogens (tertiary/aromatic N) is 2. The SMILES string of the molecule is CCS(=O)(=O)CCn1c(C(C)Cl)nc2cccc(Cl)c21. The van der Waals surface area contributed by atoms with Gasteiger partial charge in [-0.2, -0.15) is 0 Å². The summed E-state index contributed by atoms with van der Waals surface area (Å²) < 4.78 is 25.2. The molecular formula is C13H16Cl2N2O2S. The van der Waals surface area contributed by atoms with E-state index in [1.54, 1.807) is 13.0 Å². The third kappa shape index (κ3) is 3.10. The highest BCUT2D eigenvalue weighted by Gasteiger charge is 2.18. The largest absolute Gasteiger partial charge is 0.324 e. The average molecular weight is 335 g/mol. The summed E-state index contributed by atoms with van der Waals surface area (Å²) in [5, 5.41) is 0.232. The Kier molecular flexibility index (Phi) is 4.62. The quantitative estimate of drug-likeness (QED) is 0.787. The minimum atomic E-state index is -3.05. The number of hydrogen-bond donors (Lipinski definition) is 0. The summed E-state index contributed by atoms with van der Waals surface area (Å²) in [6.07, 6.45) is 0. The van der Waals surface area contributed by atoms with Crippen molar-refractivity contribution < 1.29 is 8.42 Å². The molecule has 0 aliphatic rings. The van der Waals surface area contributed by atoms with Gasteiger partial charge in [-0.05, 0) is 19.1 Å². The summed E-state index contributed by atoms with van der Waals surface area (Å²) in [6.45, 7) is 3.75. The van der Waals surface area contributed by atoms with Crippen LogP contribution in [-0.4, -0.2) is 29.5 Å². The first-order chi connectivity index (χ1) is 9.35. The second-order valence-electron chi connectivity index (χ2n) is 4.58. The lowest BCUT2D eigenvalue weighted by atomic mass is 10.3. The molecule has 0 saturated heterocycles. The molecule has 0 N–H and O–H groups in total. The minimum absolute atomic E-state index is 0.0524. The highest BCUT2D eigenvalue weighted by Crippen LogP contribution is 2.29. The zero-order chi connectivity index (χ0) is 14.9. The maximum atomic E-state index is 11.7. The Labute approximate surface area is 128 Å². The highest BCUT2D eigenvalue weighted by molar-refractivity contribution is 7.91. The van der Waals surface area contributed by atoms with Crippen molar-refractivity contribution in [3.8, 4) is 0 Å². The predicted octanol–water partition coefficient (Wildman–Crippen LogP) is 3.42. The summed E-state index contributed by atoms with van der Waals surface area (Å²) in [6, 6.07) is 5.42. The van der Waals surface area contributed by atoms with Gasteiger partial charge in [0.25, 0.3) is 0 Å². The summed E-state index contributed by atoms with van der Waals surface area (Å²) in [5.74, 6) is 0.816. The van der Waals surface area contributed by atoms with Gasteiger partial charge in [-0.25, -0.2) is 13.4 Å². The molecule has 0 radical (unpaired) electrons. The third-order valence-corrected chi connectivity index (χ3v) is 5.35. The molecular weight excluding hydrogens is 319 g/mol. The van der Waals surface area contributed by atoms with Crippen LogP contribution < -0.4 is 0 Å². The number of aromatic nitrogens is 2. The number of halogens is 2. The van der Waals surface area contributed by atoms with Gasteiger partial charge in [0, 0.05) is 12.3 Å². The molecule has 1 aromatic carbocycles. The van der Waals surface area contributed by atoms with Gasteiger partial charge < -0.3 is 4.57 Å². The van der Waals surface area contributed by atoms with Crippen molar-refractivity contribution in [2.24, 2.45) is 0 Å². The number of alkyl halides is 1. The summed E-state index contributed by atoms with van der Waals surface area (Å²) in [5.41, 5.74) is 1.47. The van der Waals surface area contributed by atoms with Gasteiger partial charge in [-0.3, -0.25) is 0 Å². The Balaban J connectivity index is 2.51. The lowest BCUT2D eigenvalue weighted by Crippen LogP contribution is -2.16. The van der Waals surface area contributed by atoms with E-state index in [-0.39, 0.29) is 16.9 Å². The first-order valence-corrected chi connectivity index (χ1v) is 8.98. The Morgan fingerprint density at radius 2 is 2.10 bits per heavy atom. The van der Waals surface area contributed by atoms with Crippen molar-refractivity contribution >= 4 is 44.1 Å². The van der Waals surface area contributed by atoms with Crippen LogP contribution in [0.15, 0.2) is 18.2 Å². The Morgan fingerprint density at radius 1 is 1.40 bits per heavy atom. The third-order valence-electron chi connectivity index (χ3n) is 3.17. The molecule has 0 fully saturated rings. The summed E-state index contributed by atoms with van der Waals surface area (Å²) >= 11 is 12.4. The molecule has 0 saturated carbocycles. The summed E-state index contributed by atoms with van der Waals surface area (Å²) in [7, 11) is -3.05. The average Bonchev–Trinajstić information content (AvgIpc) is 2.77. The number of para-hydroxylation sites is 1. The molecule has 1 atom stereocenters. The normalized spacial score (nSPS) is 13.8. The highest BCUT2D eigenvalue weighted by atomic mass is 35.5. The van der Waals surface area contributed by atoms with E-state index in [0.29, 0.717) is 17.4 Å². The molecule has 2 rings (SSSR count). The smallest absolute Gasteiger partial charge is 0.151 e. The fraction of sp³-hybridized carbons (Fsp3) is 0.462. The minimum Gasteiger partial charge on any atom is -0.324 e. The van der Waals surface area contributed by atoms with Crippen LogP contribution in [0.4, 0.5) is 0 Å². The van der Waals surface area contributed by atoms with Crippen molar-refractivity contribution in [3.63, 3.8) is 0 Å². The Bertz CT molecular complexity index is 723. The predicted molar refractivity (Wildman–Crippen MR) is 83.3 cm³/mol. The second-order valence-corrected chi connectivity index (χ2v) is 8.12. The lowest BCUT2D eigenvalue weighted by Gasteiger charge is -2.11. The first-order valence-electron chi connectivity index (χ1n) is 6.35. The first kappa shape index (κ1) is 15.6. The molecule has 110 valence electrons. The van der Waals surface area contributed by atoms with E-state index in [1.165, 1.54) is 0 Å². The van der Waals surface area contributed by atoms with Gasteiger partial charge in [0.05, 0.1) is 27.2 Å². The fourth-order valence-electron chi connectivity index (χ4n) is 2.06. The molecule has 1 aromatic heterocycles. The number of fused-ring (bicyclic) bond motifs is 1. The summed E-state index contributed by atoms with van der Waals surface area (Å²) in [4.78, 5) is 4.45. The van der Waals surface area contributed by atoms with Crippen LogP contribution in [0.25, 0.3) is 11.0 Å². The number of imidazole rings is 1. The van der Waals surface area contributed by atoms with Crippen molar-refractivity contribution in [2.75, 3.05) is 11.5 Å². The second kappa shape index (κ2) is 5.92. The Morgan fingerprint density at radius 3 is 2.70 bits per heavy atom. The molecule has 0 bridgehead atoms. The van der Waals surface area contributed by atoms with Crippen LogP contribution in [0.1, 0.15) is 25.0 Å². The molecule has 2 aromatic rings. The van der Waals surface area contributed by atoms with Crippen molar-refractivity contribution in [1.29, 1.82) is 0 Å². The standard InChI is InChI=1S/C13H16Cl2N2O2S/c1-3-20(18,19)8-7-17-12-10(15)5-4-6-11(12)16-13(17)9(2)14/h4-6,9H,3,7-8H2,1-2H3. The van der Waals surface area contributed by atoms with Gasteiger partial charge in [0.15, 0.2) is 9.84 Å². The van der Waals surface area contributed by atoms with Crippen LogP contribution >= 0.6 is 23.2 Å². The molecule has 1 unspecified atom stereocenters. The van der Waals surface area contributed by atoms with Gasteiger partial charge in [-0.15, -0.1) is 11.6 Å². The van der Waals surface area contributed by atoms with E-state index in [2.05, 4.69) is 4.98 Å². The van der Waals surface area contributed by atoms with Gasteiger partial charge >= 0.3 is 0 Å². The van der Waals surface area contributed by atoms with E-state index in [1.807, 2.05) is 23.6 Å². The van der Waals surface area contributed by atoms with E-state index in [0.717, 1.165) is 11.0 Å². The zero-order valence-corrected chi connectivity index (χ0v) is 13.6. The number of sulfone groups is 1. The van der Waals surface area contributed by atoms with Gasteiger partial charge in [0.1, 0.15) is 5.82 Å². The van der Waals surface area contributed by atoms with Gasteiger partial charge in [0.2, 0.25) is 0 Å². The van der Waals surface area contributed by atoms with Crippen molar-refractivity contribution in [3.05, 3.63) is 29.0 Å². The van der Waals surface area contributed by atoms with Crippen LogP contribution in [0.3, 0.4) is 0 Å². The van der Waals surface area contributed by atoms with E-state index >= 15 is 0 Å². The number of aryl methyl sites for hydroxylation is 1. The van der Waals surface area contributed by atoms with E-state index in [9.17, 15) is 8.42 Å². The molecule has 0 aliphatic carbocycles. The molecule has 20 heavy (non-hydrogen) atoms. The van der Waals surface area contributed by atoms with E-state index in [4.69, 9.17) is 23.2 Å². The van der Waals surface area contributed by atoms with Crippen molar-refractivity contribution in [1.82, 2.24) is 9.55 Å². The maximum Gasteiger partial charge on any atom is 0.151 e. The molecule has 0 aliphatic heterocycles. The molecule has 4 nitrogen and oxygen atoms in total. The molecule has 0 spiro atoms. The topological polar surface area (TPSA) is 52.0 Å². The van der Waals surface area contributed by atoms with Crippen LogP contribution in [-0.2, 0) is 16.4 Å². The zero-order valence-electron chi connectivity index (χ0n) is 11.3. The van der Waals surface area contributed by atoms with Crippen LogP contribution in [0.2, 0.25) is 5.02 Å². The number of hydrogen-bond acceptors (Lipinski definition) is 3.